The van der Waals surface area contributed by atoms with Gasteiger partial charge in [0.2, 0.25) is 0 Å². The van der Waals surface area contributed by atoms with Gasteiger partial charge in [-0.15, -0.1) is 0 Å². The number of aromatic nitrogens is 2. The molecule has 2 aromatic carbocycles. The number of benzene rings is 2. The highest BCUT2D eigenvalue weighted by Crippen LogP contribution is 2.30. The number of hydrogen-bond donors (Lipinski definition) is 1. The predicted octanol–water partition coefficient (Wildman–Crippen LogP) is 4.39. The second kappa shape index (κ2) is 8.97. The van der Waals surface area contributed by atoms with Gasteiger partial charge < -0.3 is 15.0 Å². The maximum atomic E-state index is 13.3. The second-order valence-corrected chi connectivity index (χ2v) is 7.55. The van der Waals surface area contributed by atoms with E-state index in [1.165, 1.54) is 19.2 Å². The molecule has 7 nitrogen and oxygen atoms in total. The first-order valence-corrected chi connectivity index (χ1v) is 10.3. The topological polar surface area (TPSA) is 76.5 Å². The van der Waals surface area contributed by atoms with Crippen LogP contribution in [0.25, 0.3) is 5.69 Å². The van der Waals surface area contributed by atoms with Crippen molar-refractivity contribution in [3.05, 3.63) is 71.5 Å². The molecule has 1 aliphatic heterocycles. The summed E-state index contributed by atoms with van der Waals surface area (Å²) in [6.45, 7) is 1.43. The molecule has 10 heteroatoms. The molecule has 1 aliphatic rings. The zero-order chi connectivity index (χ0) is 23.6. The van der Waals surface area contributed by atoms with Crippen molar-refractivity contribution < 1.29 is 27.5 Å². The van der Waals surface area contributed by atoms with Gasteiger partial charge in [0.1, 0.15) is 11.4 Å². The van der Waals surface area contributed by atoms with Crippen molar-refractivity contribution in [1.29, 1.82) is 0 Å². The molecule has 4 rings (SSSR count). The fraction of sp³-hybridized carbons (Fsp3) is 0.261. The first kappa shape index (κ1) is 22.4. The Kier molecular flexibility index (Phi) is 6.08. The summed E-state index contributed by atoms with van der Waals surface area (Å²) in [5, 5.41) is 6.17. The van der Waals surface area contributed by atoms with E-state index in [0.29, 0.717) is 36.2 Å². The summed E-state index contributed by atoms with van der Waals surface area (Å²) in [6.07, 6.45) is -2.77. The van der Waals surface area contributed by atoms with Gasteiger partial charge in [-0.1, -0.05) is 0 Å². The van der Waals surface area contributed by atoms with Gasteiger partial charge in [0, 0.05) is 30.4 Å². The fourth-order valence-electron chi connectivity index (χ4n) is 3.60. The summed E-state index contributed by atoms with van der Waals surface area (Å²) in [5.74, 6) is -0.346. The molecule has 3 aromatic rings. The number of amides is 2. The maximum absolute atomic E-state index is 13.3. The molecule has 33 heavy (non-hydrogen) atoms. The fourth-order valence-corrected chi connectivity index (χ4v) is 3.60. The molecule has 1 N–H and O–H groups in total. The third-order valence-electron chi connectivity index (χ3n) is 5.33. The number of ether oxygens (including phenoxy) is 1. The lowest BCUT2D eigenvalue weighted by atomic mass is 10.2. The van der Waals surface area contributed by atoms with Crippen LogP contribution in [0.15, 0.2) is 54.6 Å². The van der Waals surface area contributed by atoms with E-state index in [-0.39, 0.29) is 17.3 Å². The SMILES string of the molecule is COc1ccc(-n2nc(C(F)(F)F)cc2C(=O)Nc2ccc(C(=O)N3CCCC3)cc2)cc1. The van der Waals surface area contributed by atoms with E-state index in [0.717, 1.165) is 17.5 Å². The number of methoxy groups -OCH3 is 1. The first-order chi connectivity index (χ1) is 15.8. The summed E-state index contributed by atoms with van der Waals surface area (Å²) in [4.78, 5) is 27.1. The number of hydrogen-bond acceptors (Lipinski definition) is 4. The van der Waals surface area contributed by atoms with Crippen LogP contribution >= 0.6 is 0 Å². The third-order valence-corrected chi connectivity index (χ3v) is 5.33. The van der Waals surface area contributed by atoms with Gasteiger partial charge in [-0.3, -0.25) is 9.59 Å². The molecule has 0 unspecified atom stereocenters. The van der Waals surface area contributed by atoms with Crippen molar-refractivity contribution in [2.75, 3.05) is 25.5 Å². The Labute approximate surface area is 187 Å². The molecule has 2 heterocycles. The summed E-state index contributed by atoms with van der Waals surface area (Å²) in [7, 11) is 1.47. The van der Waals surface area contributed by atoms with Crippen molar-refractivity contribution in [3.63, 3.8) is 0 Å². The van der Waals surface area contributed by atoms with Crippen LogP contribution in [-0.4, -0.2) is 46.7 Å². The summed E-state index contributed by atoms with van der Waals surface area (Å²) in [6, 6.07) is 13.1. The molecule has 172 valence electrons. The summed E-state index contributed by atoms with van der Waals surface area (Å²) in [5.41, 5.74) is -0.380. The highest BCUT2D eigenvalue weighted by Gasteiger charge is 2.36. The lowest BCUT2D eigenvalue weighted by molar-refractivity contribution is -0.141. The number of carbonyl (C=O) groups excluding carboxylic acids is 2. The highest BCUT2D eigenvalue weighted by atomic mass is 19.4. The van der Waals surface area contributed by atoms with Crippen molar-refractivity contribution in [2.45, 2.75) is 19.0 Å². The molecule has 0 spiro atoms. The van der Waals surface area contributed by atoms with E-state index in [4.69, 9.17) is 4.74 Å². The number of likely N-dealkylation sites (tertiary alicyclic amines) is 1. The minimum atomic E-state index is -4.72. The number of rotatable bonds is 5. The zero-order valence-electron chi connectivity index (χ0n) is 17.7. The molecule has 0 aliphatic carbocycles. The molecular weight excluding hydrogens is 437 g/mol. The Morgan fingerprint density at radius 1 is 1.00 bits per heavy atom. The minimum Gasteiger partial charge on any atom is -0.497 e. The Balaban J connectivity index is 1.58. The summed E-state index contributed by atoms with van der Waals surface area (Å²) < 4.78 is 45.9. The standard InChI is InChI=1S/C23H21F3N4O3/c1-33-18-10-8-17(9-11-18)30-19(14-20(28-30)23(24,25)26)21(31)27-16-6-4-15(5-7-16)22(32)29-12-2-3-13-29/h4-11,14H,2-3,12-13H2,1H3,(H,27,31). The van der Waals surface area contributed by atoms with Crippen LogP contribution in [0.1, 0.15) is 39.4 Å². The lowest BCUT2D eigenvalue weighted by Gasteiger charge is -2.15. The highest BCUT2D eigenvalue weighted by molar-refractivity contribution is 6.04. The third kappa shape index (κ3) is 4.84. The van der Waals surface area contributed by atoms with Crippen molar-refractivity contribution >= 4 is 17.5 Å². The smallest absolute Gasteiger partial charge is 0.435 e. The number of halogens is 3. The molecule has 0 saturated carbocycles. The van der Waals surface area contributed by atoms with Gasteiger partial charge in [0.25, 0.3) is 11.8 Å². The Bertz CT molecular complexity index is 1150. The molecule has 0 radical (unpaired) electrons. The largest absolute Gasteiger partial charge is 0.497 e. The average Bonchev–Trinajstić information content (AvgIpc) is 3.49. The molecule has 1 aromatic heterocycles. The van der Waals surface area contributed by atoms with E-state index in [1.807, 2.05) is 0 Å². The van der Waals surface area contributed by atoms with Crippen LogP contribution < -0.4 is 10.1 Å². The number of carbonyl (C=O) groups is 2. The van der Waals surface area contributed by atoms with Crippen LogP contribution in [0, 0.1) is 0 Å². The number of alkyl halides is 3. The van der Waals surface area contributed by atoms with E-state index < -0.39 is 17.8 Å². The van der Waals surface area contributed by atoms with E-state index in [1.54, 1.807) is 41.3 Å². The minimum absolute atomic E-state index is 0.0854. The molecule has 1 fully saturated rings. The molecule has 1 saturated heterocycles. The average molecular weight is 458 g/mol. The molecule has 0 atom stereocenters. The number of nitrogens with zero attached hydrogens (tertiary/aromatic N) is 3. The van der Waals surface area contributed by atoms with E-state index in [9.17, 15) is 22.8 Å². The van der Waals surface area contributed by atoms with Gasteiger partial charge >= 0.3 is 6.18 Å². The quantitative estimate of drug-likeness (QED) is 0.616. The summed E-state index contributed by atoms with van der Waals surface area (Å²) >= 11 is 0. The first-order valence-electron chi connectivity index (χ1n) is 10.3. The van der Waals surface area contributed by atoms with Crippen LogP contribution in [-0.2, 0) is 6.18 Å². The van der Waals surface area contributed by atoms with Crippen molar-refractivity contribution in [1.82, 2.24) is 14.7 Å². The molecular formula is C23H21F3N4O3. The Morgan fingerprint density at radius 2 is 1.64 bits per heavy atom. The van der Waals surface area contributed by atoms with Crippen LogP contribution in [0.2, 0.25) is 0 Å². The number of nitrogens with one attached hydrogen (secondary N) is 1. The molecule has 0 bridgehead atoms. The normalized spacial score (nSPS) is 13.8. The lowest BCUT2D eigenvalue weighted by Crippen LogP contribution is -2.27. The molecule has 2 amide bonds. The Hall–Kier alpha value is -3.82. The van der Waals surface area contributed by atoms with Gasteiger partial charge in [0.15, 0.2) is 5.69 Å². The van der Waals surface area contributed by atoms with E-state index >= 15 is 0 Å². The second-order valence-electron chi connectivity index (χ2n) is 7.55. The predicted molar refractivity (Wildman–Crippen MR) is 115 cm³/mol. The van der Waals surface area contributed by atoms with Gasteiger partial charge in [-0.2, -0.15) is 18.3 Å². The van der Waals surface area contributed by atoms with Gasteiger partial charge in [-0.05, 0) is 61.4 Å². The Morgan fingerprint density at radius 3 is 2.21 bits per heavy atom. The monoisotopic (exact) mass is 458 g/mol. The number of anilines is 1. The van der Waals surface area contributed by atoms with Crippen LogP contribution in [0.4, 0.5) is 18.9 Å². The van der Waals surface area contributed by atoms with Gasteiger partial charge in [-0.25, -0.2) is 4.68 Å². The van der Waals surface area contributed by atoms with Crippen molar-refractivity contribution in [3.8, 4) is 11.4 Å². The van der Waals surface area contributed by atoms with Gasteiger partial charge in [0.05, 0.1) is 12.8 Å². The van der Waals surface area contributed by atoms with Crippen LogP contribution in [0.3, 0.4) is 0 Å². The van der Waals surface area contributed by atoms with Crippen LogP contribution in [0.5, 0.6) is 5.75 Å². The zero-order valence-corrected chi connectivity index (χ0v) is 17.7. The van der Waals surface area contributed by atoms with E-state index in [2.05, 4.69) is 10.4 Å². The van der Waals surface area contributed by atoms with Crippen molar-refractivity contribution in [2.24, 2.45) is 0 Å². The maximum Gasteiger partial charge on any atom is 0.435 e.